The highest BCUT2D eigenvalue weighted by Gasteiger charge is 2.59. The van der Waals surface area contributed by atoms with Gasteiger partial charge >= 0.3 is 5.97 Å². The number of anilines is 1. The minimum Gasteiger partial charge on any atom is -0.478 e. The lowest BCUT2D eigenvalue weighted by atomic mass is 9.85. The average Bonchev–Trinajstić information content (AvgIpc) is 2.89. The number of carboxylic acid groups (broad SMARTS) is 1. The number of aliphatic hydroxyl groups is 2. The van der Waals surface area contributed by atoms with Crippen molar-refractivity contribution in [3.8, 4) is 0 Å². The van der Waals surface area contributed by atoms with Gasteiger partial charge in [-0.1, -0.05) is 11.9 Å². The Balaban J connectivity index is 2.27. The summed E-state index contributed by atoms with van der Waals surface area (Å²) in [6.45, 7) is 5.43. The topological polar surface area (TPSA) is 124 Å². The lowest BCUT2D eigenvalue weighted by molar-refractivity contribution is -0.807. The molecule has 0 spiro atoms. The van der Waals surface area contributed by atoms with Gasteiger partial charge in [-0.15, -0.1) is 0 Å². The Morgan fingerprint density at radius 3 is 2.78 bits per heavy atom. The first-order chi connectivity index (χ1) is 10.7. The molecule has 0 fully saturated rings. The molecule has 0 saturated carbocycles. The molecule has 23 heavy (non-hydrogen) atoms. The van der Waals surface area contributed by atoms with E-state index in [9.17, 15) is 20.1 Å². The molecule has 2 aromatic heterocycles. The summed E-state index contributed by atoms with van der Waals surface area (Å²) < 4.78 is 3.17. The van der Waals surface area contributed by atoms with Crippen LogP contribution in [0.25, 0.3) is 11.2 Å². The largest absolute Gasteiger partial charge is 0.478 e. The minimum atomic E-state index is -1.84. The molecule has 2 aromatic rings. The third kappa shape index (κ3) is 2.00. The summed E-state index contributed by atoms with van der Waals surface area (Å²) in [5.41, 5.74) is -2.57. The maximum Gasteiger partial charge on any atom is 0.346 e. The van der Waals surface area contributed by atoms with Gasteiger partial charge < -0.3 is 19.9 Å². The zero-order valence-corrected chi connectivity index (χ0v) is 13.2. The molecule has 0 amide bonds. The Hall–Kier alpha value is -2.26. The molecule has 9 nitrogen and oxygen atoms in total. The second kappa shape index (κ2) is 4.87. The molecule has 3 unspecified atom stereocenters. The number of nitrogens with one attached hydrogen (secondary N) is 1. The number of aliphatic carboxylic acids is 1. The van der Waals surface area contributed by atoms with Crippen molar-refractivity contribution in [2.24, 2.45) is 0 Å². The molecule has 124 valence electrons. The number of hydrogen-bond donors (Lipinski definition) is 4. The van der Waals surface area contributed by atoms with Gasteiger partial charge in [0, 0.05) is 13.5 Å². The molecule has 3 heterocycles. The highest BCUT2D eigenvalue weighted by Crippen LogP contribution is 2.33. The molecule has 9 heteroatoms. The fourth-order valence-electron chi connectivity index (χ4n) is 2.99. The standard InChI is InChI=1S/C14H19N5O4/c1-4-5-18-6-15-8-9(18)16-7-19-10(8)17-13(2,12(21)22)11(20)14(19,3)23/h6-7,11,20,23H,4-5H2,1-3H3,(H,21,22)/p+1. The van der Waals surface area contributed by atoms with Gasteiger partial charge in [-0.3, -0.25) is 5.32 Å². The van der Waals surface area contributed by atoms with E-state index < -0.39 is 23.3 Å². The van der Waals surface area contributed by atoms with E-state index in [0.717, 1.165) is 13.0 Å². The second-order valence-electron chi connectivity index (χ2n) is 6.20. The highest BCUT2D eigenvalue weighted by molar-refractivity contribution is 5.88. The lowest BCUT2D eigenvalue weighted by Gasteiger charge is -2.41. The fourth-order valence-corrected chi connectivity index (χ4v) is 2.99. The van der Waals surface area contributed by atoms with E-state index in [0.29, 0.717) is 17.0 Å². The number of aromatic nitrogens is 4. The summed E-state index contributed by atoms with van der Waals surface area (Å²) in [4.78, 5) is 20.2. The first-order valence-corrected chi connectivity index (χ1v) is 7.41. The molecule has 0 aromatic carbocycles. The highest BCUT2D eigenvalue weighted by atomic mass is 16.4. The van der Waals surface area contributed by atoms with Crippen molar-refractivity contribution in [1.29, 1.82) is 0 Å². The summed E-state index contributed by atoms with van der Waals surface area (Å²) in [7, 11) is 0. The minimum absolute atomic E-state index is 0.310. The summed E-state index contributed by atoms with van der Waals surface area (Å²) in [5, 5.41) is 33.4. The van der Waals surface area contributed by atoms with Gasteiger partial charge in [-0.2, -0.15) is 0 Å². The van der Waals surface area contributed by atoms with Gasteiger partial charge in [0.05, 0.1) is 6.33 Å². The number of hydrogen-bond acceptors (Lipinski definition) is 6. The predicted molar refractivity (Wildman–Crippen MR) is 79.6 cm³/mol. The van der Waals surface area contributed by atoms with E-state index in [1.807, 2.05) is 11.5 Å². The van der Waals surface area contributed by atoms with E-state index in [-0.39, 0.29) is 0 Å². The van der Waals surface area contributed by atoms with Crippen molar-refractivity contribution in [1.82, 2.24) is 14.5 Å². The third-order valence-corrected chi connectivity index (χ3v) is 4.41. The second-order valence-corrected chi connectivity index (χ2v) is 6.20. The van der Waals surface area contributed by atoms with Crippen LogP contribution in [-0.4, -0.2) is 47.5 Å². The van der Waals surface area contributed by atoms with Crippen LogP contribution in [0.3, 0.4) is 0 Å². The number of fused-ring (bicyclic) bond motifs is 3. The Morgan fingerprint density at radius 1 is 1.48 bits per heavy atom. The van der Waals surface area contributed by atoms with Crippen LogP contribution in [0.1, 0.15) is 27.2 Å². The molecule has 0 aliphatic carbocycles. The van der Waals surface area contributed by atoms with Gasteiger partial charge in [0.15, 0.2) is 11.6 Å². The van der Waals surface area contributed by atoms with Crippen LogP contribution in [0, 0.1) is 0 Å². The quantitative estimate of drug-likeness (QED) is 0.557. The SMILES string of the molecule is CCCn1cnc2c3[n+](cnc21)C(C)(O)C(O)C(C)(C(=O)O)N3. The van der Waals surface area contributed by atoms with Crippen LogP contribution in [0.5, 0.6) is 0 Å². The molecular weight excluding hydrogens is 302 g/mol. The number of rotatable bonds is 3. The molecule has 1 aliphatic heterocycles. The lowest BCUT2D eigenvalue weighted by Crippen LogP contribution is -2.75. The molecule has 0 bridgehead atoms. The van der Waals surface area contributed by atoms with Crippen LogP contribution < -0.4 is 9.88 Å². The third-order valence-electron chi connectivity index (χ3n) is 4.41. The van der Waals surface area contributed by atoms with Crippen LogP contribution in [0.2, 0.25) is 0 Å². The number of imidazole rings is 1. The zero-order valence-electron chi connectivity index (χ0n) is 13.2. The van der Waals surface area contributed by atoms with Crippen LogP contribution in [0.15, 0.2) is 12.7 Å². The fraction of sp³-hybridized carbons (Fsp3) is 0.571. The van der Waals surface area contributed by atoms with Crippen molar-refractivity contribution < 1.29 is 24.7 Å². The number of aliphatic hydroxyl groups excluding tert-OH is 1. The molecule has 1 aliphatic rings. The van der Waals surface area contributed by atoms with Crippen molar-refractivity contribution in [3.63, 3.8) is 0 Å². The Morgan fingerprint density at radius 2 is 2.17 bits per heavy atom. The van der Waals surface area contributed by atoms with Gasteiger partial charge in [0.1, 0.15) is 0 Å². The maximum absolute atomic E-state index is 11.6. The zero-order chi connectivity index (χ0) is 17.0. The molecule has 4 N–H and O–H groups in total. The number of carboxylic acids is 1. The average molecular weight is 322 g/mol. The van der Waals surface area contributed by atoms with Gasteiger partial charge in [0.25, 0.3) is 5.82 Å². The van der Waals surface area contributed by atoms with Gasteiger partial charge in [-0.05, 0) is 13.3 Å². The van der Waals surface area contributed by atoms with Crippen LogP contribution in [-0.2, 0) is 17.1 Å². The van der Waals surface area contributed by atoms with Gasteiger partial charge in [-0.25, -0.2) is 14.3 Å². The first kappa shape index (κ1) is 15.6. The predicted octanol–water partition coefficient (Wildman–Crippen LogP) is -0.576. The van der Waals surface area contributed by atoms with Crippen molar-refractivity contribution in [2.75, 3.05) is 5.32 Å². The van der Waals surface area contributed by atoms with Crippen LogP contribution >= 0.6 is 0 Å². The smallest absolute Gasteiger partial charge is 0.346 e. The molecular formula is C14H20N5O4+. The van der Waals surface area contributed by atoms with Crippen molar-refractivity contribution >= 4 is 23.0 Å². The maximum atomic E-state index is 11.6. The first-order valence-electron chi connectivity index (χ1n) is 7.41. The Labute approximate surface area is 132 Å². The summed E-state index contributed by atoms with van der Waals surface area (Å²) in [5.74, 6) is -0.959. The molecule has 3 rings (SSSR count). The van der Waals surface area contributed by atoms with Crippen molar-refractivity contribution in [3.05, 3.63) is 12.7 Å². The number of carbonyl (C=O) groups is 1. The molecule has 3 atom stereocenters. The Bertz CT molecular complexity index is 787. The van der Waals surface area contributed by atoms with E-state index in [1.165, 1.54) is 24.7 Å². The van der Waals surface area contributed by atoms with E-state index in [1.54, 1.807) is 6.33 Å². The van der Waals surface area contributed by atoms with Crippen LogP contribution in [0.4, 0.5) is 5.82 Å². The van der Waals surface area contributed by atoms with E-state index in [4.69, 9.17) is 0 Å². The summed E-state index contributed by atoms with van der Waals surface area (Å²) in [6.07, 6.45) is 2.32. The summed E-state index contributed by atoms with van der Waals surface area (Å²) in [6, 6.07) is 0. The normalized spacial score (nSPS) is 30.0. The van der Waals surface area contributed by atoms with Gasteiger partial charge in [0.2, 0.25) is 23.2 Å². The Kier molecular flexibility index (Phi) is 3.31. The molecule has 0 radical (unpaired) electrons. The summed E-state index contributed by atoms with van der Waals surface area (Å²) >= 11 is 0. The monoisotopic (exact) mass is 322 g/mol. The van der Waals surface area contributed by atoms with Crippen molar-refractivity contribution in [2.45, 2.75) is 51.1 Å². The van der Waals surface area contributed by atoms with E-state index >= 15 is 0 Å². The molecule has 0 saturated heterocycles. The number of aryl methyl sites for hydroxylation is 1. The number of nitrogens with zero attached hydrogens (tertiary/aromatic N) is 4. The van der Waals surface area contributed by atoms with E-state index in [2.05, 4.69) is 15.3 Å².